The summed E-state index contributed by atoms with van der Waals surface area (Å²) in [6.07, 6.45) is 1.47. The van der Waals surface area contributed by atoms with Gasteiger partial charge >= 0.3 is 5.69 Å². The average Bonchev–Trinajstić information content (AvgIpc) is 2.31. The van der Waals surface area contributed by atoms with E-state index in [4.69, 9.17) is 0 Å². The van der Waals surface area contributed by atoms with Crippen LogP contribution in [0.15, 0.2) is 15.9 Å². The minimum Gasteiger partial charge on any atom is -0.328 e. The zero-order chi connectivity index (χ0) is 8.72. The van der Waals surface area contributed by atoms with E-state index in [0.717, 1.165) is 0 Å². The minimum atomic E-state index is -0.536. The van der Waals surface area contributed by atoms with E-state index in [1.807, 2.05) is 0 Å². The summed E-state index contributed by atoms with van der Waals surface area (Å²) in [6, 6.07) is 0. The average molecular weight is 205 g/mol. The number of aryl methyl sites for hydroxylation is 1. The number of aromatic amines is 2. The first-order chi connectivity index (χ1) is 5.68. The number of nitrogens with one attached hydrogen (secondary N) is 2. The van der Waals surface area contributed by atoms with Gasteiger partial charge in [-0.2, -0.15) is 0 Å². The summed E-state index contributed by atoms with van der Waals surface area (Å²) in [4.78, 5) is 30.2. The van der Waals surface area contributed by atoms with Crippen LogP contribution in [-0.2, 0) is 7.05 Å². The first kappa shape index (κ1) is 10.9. The topological polar surface area (TPSA) is 83.5 Å². The van der Waals surface area contributed by atoms with E-state index in [1.54, 1.807) is 11.6 Å². The first-order valence-electron chi connectivity index (χ1n) is 3.32. The molecule has 0 saturated heterocycles. The zero-order valence-electron chi connectivity index (χ0n) is 7.29. The van der Waals surface area contributed by atoms with E-state index in [0.29, 0.717) is 11.2 Å². The van der Waals surface area contributed by atoms with Crippen molar-refractivity contribution in [3.8, 4) is 0 Å². The molecule has 0 aromatic carbocycles. The molecule has 7 heteroatoms. The third-order valence-electron chi connectivity index (χ3n) is 1.61. The Balaban J connectivity index is 0.000000845. The van der Waals surface area contributed by atoms with E-state index in [2.05, 4.69) is 15.0 Å². The molecule has 0 amide bonds. The Labute approximate surface area is 115 Å². The van der Waals surface area contributed by atoms with Gasteiger partial charge in [-0.1, -0.05) is 0 Å². The predicted octanol–water partition coefficient (Wildman–Crippen LogP) is -1.43. The van der Waals surface area contributed by atoms with Crippen LogP contribution in [0.1, 0.15) is 0 Å². The molecule has 2 aromatic heterocycles. The monoisotopic (exact) mass is 205 g/mol. The molecular weight excluding hydrogens is 199 g/mol. The molecule has 0 atom stereocenters. The van der Waals surface area contributed by atoms with Crippen molar-refractivity contribution < 1.29 is 0 Å². The normalized spacial score (nSPS) is 9.92. The van der Waals surface area contributed by atoms with Crippen LogP contribution >= 0.6 is 0 Å². The van der Waals surface area contributed by atoms with Crippen molar-refractivity contribution in [1.82, 2.24) is 19.5 Å². The van der Waals surface area contributed by atoms with E-state index < -0.39 is 11.2 Å². The molecule has 0 spiro atoms. The van der Waals surface area contributed by atoms with Crippen molar-refractivity contribution in [3.05, 3.63) is 27.2 Å². The van der Waals surface area contributed by atoms with Gasteiger partial charge in [0, 0.05) is 58.4 Å². The predicted molar refractivity (Wildman–Crippen MR) is 47.7 cm³/mol. The van der Waals surface area contributed by atoms with Crippen LogP contribution in [0.4, 0.5) is 0 Å². The Morgan fingerprint density at radius 3 is 2.77 bits per heavy atom. The Kier molecular flexibility index (Phi) is 3.25. The van der Waals surface area contributed by atoms with Gasteiger partial charge in [0.2, 0.25) is 0 Å². The fourth-order valence-electron chi connectivity index (χ4n) is 1.09. The van der Waals surface area contributed by atoms with Crippen molar-refractivity contribution in [3.63, 3.8) is 0 Å². The molecule has 2 aromatic rings. The maximum Gasteiger partial charge on any atom is 0.327 e. The third-order valence-corrected chi connectivity index (χ3v) is 1.61. The summed E-state index contributed by atoms with van der Waals surface area (Å²) in [5.41, 5.74) is -0.277. The van der Waals surface area contributed by atoms with E-state index in [-0.39, 0.29) is 51.4 Å². The summed E-state index contributed by atoms with van der Waals surface area (Å²) < 4.78 is 1.55. The molecule has 0 unspecified atom stereocenters. The number of nitrogens with zero attached hydrogens (tertiary/aromatic N) is 2. The molecule has 2 N–H and O–H groups in total. The smallest absolute Gasteiger partial charge is 0.327 e. The molecule has 63 valence electrons. The molecule has 0 aliphatic heterocycles. The summed E-state index contributed by atoms with van der Waals surface area (Å²) in [5.74, 6) is 0. The fourth-order valence-corrected chi connectivity index (χ4v) is 1.09. The number of hydrogen-bond acceptors (Lipinski definition) is 3. The Bertz CT molecular complexity index is 537. The maximum absolute atomic E-state index is 11.1. The van der Waals surface area contributed by atoms with Crippen LogP contribution in [0.3, 0.4) is 0 Å². The summed E-state index contributed by atoms with van der Waals surface area (Å²) in [5, 5.41) is 0. The number of hydrogen-bond donors (Lipinski definition) is 2. The minimum absolute atomic E-state index is 0. The van der Waals surface area contributed by atoms with Crippen molar-refractivity contribution in [1.29, 1.82) is 0 Å². The van der Waals surface area contributed by atoms with Crippen LogP contribution in [0.5, 0.6) is 0 Å². The quantitative estimate of drug-likeness (QED) is 0.517. The molecule has 0 aliphatic carbocycles. The van der Waals surface area contributed by atoms with E-state index in [9.17, 15) is 9.59 Å². The fraction of sp³-hybridized carbons (Fsp3) is 0.167. The van der Waals surface area contributed by atoms with Gasteiger partial charge in [-0.3, -0.25) is 14.8 Å². The van der Waals surface area contributed by atoms with Gasteiger partial charge in [-0.25, -0.2) is 9.78 Å². The third kappa shape index (κ3) is 1.84. The van der Waals surface area contributed by atoms with Gasteiger partial charge in [0.25, 0.3) is 5.56 Å². The summed E-state index contributed by atoms with van der Waals surface area (Å²) >= 11 is 0. The molecule has 0 bridgehead atoms. The van der Waals surface area contributed by atoms with Gasteiger partial charge in [0.05, 0.1) is 6.33 Å². The Morgan fingerprint density at radius 1 is 1.38 bits per heavy atom. The van der Waals surface area contributed by atoms with Crippen molar-refractivity contribution in [2.24, 2.45) is 7.05 Å². The van der Waals surface area contributed by atoms with Crippen molar-refractivity contribution in [2.45, 2.75) is 0 Å². The van der Waals surface area contributed by atoms with Crippen LogP contribution in [0.25, 0.3) is 11.2 Å². The second-order valence-electron chi connectivity index (χ2n) is 2.46. The van der Waals surface area contributed by atoms with Gasteiger partial charge in [-0.15, -0.1) is 0 Å². The van der Waals surface area contributed by atoms with Gasteiger partial charge < -0.3 is 4.57 Å². The van der Waals surface area contributed by atoms with E-state index in [1.165, 1.54) is 6.33 Å². The molecule has 0 saturated carbocycles. The van der Waals surface area contributed by atoms with Gasteiger partial charge in [0.1, 0.15) is 0 Å². The summed E-state index contributed by atoms with van der Waals surface area (Å²) in [6.45, 7) is 0. The number of imidazole rings is 1. The van der Waals surface area contributed by atoms with Crippen molar-refractivity contribution >= 4 is 62.5 Å². The standard InChI is InChI=1S/C6H6N4O2.K/c1-10-2-7-4-3(10)5(11)9-6(12)8-4;/h2H,1H3,(H2,8,9,11,12);. The number of H-pyrrole nitrogens is 2. The molecule has 1 radical (unpaired) electrons. The molecule has 0 fully saturated rings. The second kappa shape index (κ2) is 3.89. The largest absolute Gasteiger partial charge is 0.328 e. The zero-order valence-corrected chi connectivity index (χ0v) is 10.4. The SMILES string of the molecule is Cn1cnc2[nH]c(=O)[nH]c(=O)c21.[K]. The first-order valence-corrected chi connectivity index (χ1v) is 3.32. The van der Waals surface area contributed by atoms with Crippen LogP contribution in [0, 0.1) is 0 Å². The molecule has 6 nitrogen and oxygen atoms in total. The number of aromatic nitrogens is 4. The van der Waals surface area contributed by atoms with Crippen LogP contribution < -0.4 is 11.2 Å². The van der Waals surface area contributed by atoms with Crippen LogP contribution in [0.2, 0.25) is 0 Å². The van der Waals surface area contributed by atoms with E-state index >= 15 is 0 Å². The Morgan fingerprint density at radius 2 is 2.08 bits per heavy atom. The van der Waals surface area contributed by atoms with Gasteiger partial charge in [0.15, 0.2) is 11.2 Å². The maximum atomic E-state index is 11.1. The molecular formula is C6H6KN4O2. The molecule has 2 rings (SSSR count). The summed E-state index contributed by atoms with van der Waals surface area (Å²) in [7, 11) is 1.68. The second-order valence-corrected chi connectivity index (χ2v) is 2.46. The molecule has 13 heavy (non-hydrogen) atoms. The molecule has 2 heterocycles. The van der Waals surface area contributed by atoms with Crippen LogP contribution in [-0.4, -0.2) is 70.9 Å². The molecule has 0 aliphatic rings. The number of fused-ring (bicyclic) bond motifs is 1. The van der Waals surface area contributed by atoms with Gasteiger partial charge in [-0.05, 0) is 0 Å². The Hall–Kier alpha value is -0.214. The number of rotatable bonds is 0. The van der Waals surface area contributed by atoms with Crippen molar-refractivity contribution in [2.75, 3.05) is 0 Å².